The van der Waals surface area contributed by atoms with Gasteiger partial charge in [0.25, 0.3) is 0 Å². The van der Waals surface area contributed by atoms with Gasteiger partial charge in [0, 0.05) is 16.8 Å². The summed E-state index contributed by atoms with van der Waals surface area (Å²) in [5, 5.41) is 19.1. The van der Waals surface area contributed by atoms with Crippen molar-refractivity contribution in [3.63, 3.8) is 0 Å². The molecule has 1 atom stereocenters. The highest BCUT2D eigenvalue weighted by Gasteiger charge is 2.26. The summed E-state index contributed by atoms with van der Waals surface area (Å²) in [5.41, 5.74) is 9.52. The summed E-state index contributed by atoms with van der Waals surface area (Å²) in [6.45, 7) is 1.45. The van der Waals surface area contributed by atoms with Crippen molar-refractivity contribution in [2.75, 3.05) is 12.8 Å². The van der Waals surface area contributed by atoms with Crippen molar-refractivity contribution in [1.29, 1.82) is 5.26 Å². The average Bonchev–Trinajstić information content (AvgIpc) is 2.92. The number of carbonyl (C=O) groups is 1. The van der Waals surface area contributed by atoms with Gasteiger partial charge in [-0.2, -0.15) is 5.26 Å². The number of carboxylic acids is 1. The van der Waals surface area contributed by atoms with E-state index in [4.69, 9.17) is 15.2 Å². The second-order valence-electron chi connectivity index (χ2n) is 6.78. The molecule has 1 unspecified atom stereocenters. The number of aromatic nitrogens is 1. The van der Waals surface area contributed by atoms with Gasteiger partial charge in [0.15, 0.2) is 17.6 Å². The van der Waals surface area contributed by atoms with E-state index in [1.165, 1.54) is 14.0 Å². The number of ether oxygens (including phenoxy) is 2. The molecule has 0 saturated heterocycles. The number of pyridine rings is 1. The number of para-hydroxylation sites is 1. The van der Waals surface area contributed by atoms with E-state index in [1.54, 1.807) is 18.2 Å². The highest BCUT2D eigenvalue weighted by atomic mass is 16.5. The number of methoxy groups -OCH3 is 1. The Hall–Kier alpha value is -3.27. The van der Waals surface area contributed by atoms with Crippen LogP contribution in [0.25, 0.3) is 11.1 Å². The Morgan fingerprint density at radius 2 is 2.07 bits per heavy atom. The minimum atomic E-state index is -1.09. The van der Waals surface area contributed by atoms with Gasteiger partial charge in [0.05, 0.1) is 7.11 Å². The van der Waals surface area contributed by atoms with Crippen molar-refractivity contribution < 1.29 is 19.4 Å². The predicted octanol–water partition coefficient (Wildman–Crippen LogP) is 3.33. The molecule has 1 aromatic heterocycles. The van der Waals surface area contributed by atoms with Gasteiger partial charge in [-0.3, -0.25) is 0 Å². The van der Waals surface area contributed by atoms with Crippen LogP contribution in [0.15, 0.2) is 18.2 Å². The number of nitriles is 1. The van der Waals surface area contributed by atoms with Gasteiger partial charge in [0.1, 0.15) is 17.5 Å². The molecule has 28 heavy (non-hydrogen) atoms. The summed E-state index contributed by atoms with van der Waals surface area (Å²) in [4.78, 5) is 15.8. The fourth-order valence-electron chi connectivity index (χ4n) is 3.57. The number of nitrogens with two attached hydrogens (primary N) is 1. The number of aliphatic carboxylic acids is 1. The largest absolute Gasteiger partial charge is 0.493 e. The molecule has 7 nitrogen and oxygen atoms in total. The number of hydrogen-bond donors (Lipinski definition) is 2. The van der Waals surface area contributed by atoms with E-state index in [0.717, 1.165) is 43.4 Å². The molecule has 0 fully saturated rings. The maximum atomic E-state index is 11.4. The lowest BCUT2D eigenvalue weighted by atomic mass is 9.91. The number of fused-ring (bicyclic) bond motifs is 1. The molecule has 0 amide bonds. The topological polar surface area (TPSA) is 118 Å². The molecule has 3 rings (SSSR count). The van der Waals surface area contributed by atoms with Crippen LogP contribution < -0.4 is 15.2 Å². The van der Waals surface area contributed by atoms with Crippen molar-refractivity contribution >= 4 is 11.8 Å². The normalized spacial score (nSPS) is 14.3. The quantitative estimate of drug-likeness (QED) is 0.763. The Kier molecular flexibility index (Phi) is 5.69. The molecule has 0 radical (unpaired) electrons. The van der Waals surface area contributed by atoms with Gasteiger partial charge in [-0.15, -0.1) is 0 Å². The molecule has 2 aromatic rings. The van der Waals surface area contributed by atoms with Crippen molar-refractivity contribution in [3.05, 3.63) is 35.0 Å². The van der Waals surface area contributed by atoms with Crippen LogP contribution >= 0.6 is 0 Å². The third-order valence-corrected chi connectivity index (χ3v) is 4.97. The molecule has 1 aromatic carbocycles. The van der Waals surface area contributed by atoms with Crippen molar-refractivity contribution in [1.82, 2.24) is 4.98 Å². The molecule has 3 N–H and O–H groups in total. The zero-order valence-corrected chi connectivity index (χ0v) is 16.0. The number of benzene rings is 1. The van der Waals surface area contributed by atoms with Crippen LogP contribution in [0.2, 0.25) is 0 Å². The first-order valence-corrected chi connectivity index (χ1v) is 9.26. The lowest BCUT2D eigenvalue weighted by molar-refractivity contribution is -0.144. The first-order valence-electron chi connectivity index (χ1n) is 9.26. The summed E-state index contributed by atoms with van der Waals surface area (Å²) in [7, 11) is 1.49. The van der Waals surface area contributed by atoms with Crippen molar-refractivity contribution in [3.8, 4) is 28.7 Å². The van der Waals surface area contributed by atoms with Crippen LogP contribution in [-0.4, -0.2) is 29.3 Å². The highest BCUT2D eigenvalue weighted by Crippen LogP contribution is 2.44. The number of hydrogen-bond acceptors (Lipinski definition) is 6. The third-order valence-electron chi connectivity index (χ3n) is 4.97. The first kappa shape index (κ1) is 19.5. The van der Waals surface area contributed by atoms with Crippen LogP contribution in [0.5, 0.6) is 11.5 Å². The van der Waals surface area contributed by atoms with Gasteiger partial charge >= 0.3 is 5.97 Å². The fourth-order valence-corrected chi connectivity index (χ4v) is 3.57. The zero-order chi connectivity index (χ0) is 20.3. The second-order valence-corrected chi connectivity index (χ2v) is 6.78. The molecule has 1 heterocycles. The highest BCUT2D eigenvalue weighted by molar-refractivity contribution is 5.85. The third kappa shape index (κ3) is 3.58. The number of anilines is 1. The number of rotatable bonds is 5. The molecule has 0 spiro atoms. The van der Waals surface area contributed by atoms with E-state index >= 15 is 0 Å². The molecule has 0 aliphatic heterocycles. The van der Waals surface area contributed by atoms with Gasteiger partial charge < -0.3 is 20.3 Å². The van der Waals surface area contributed by atoms with E-state index in [-0.39, 0.29) is 17.1 Å². The van der Waals surface area contributed by atoms with Crippen LogP contribution in [-0.2, 0) is 17.6 Å². The summed E-state index contributed by atoms with van der Waals surface area (Å²) in [6, 6.07) is 7.45. The van der Waals surface area contributed by atoms with Crippen molar-refractivity contribution in [2.24, 2.45) is 0 Å². The number of nitrogen functional groups attached to an aromatic ring is 1. The Bertz CT molecular complexity index is 950. The SMILES string of the molecule is COc1cccc(-c2c(C#N)c(N)nc3c2CCCCC3)c1OC(C)C(=O)O. The summed E-state index contributed by atoms with van der Waals surface area (Å²) < 4.78 is 11.2. The average molecular weight is 381 g/mol. The van der Waals surface area contributed by atoms with Crippen LogP contribution in [0.1, 0.15) is 43.0 Å². The second kappa shape index (κ2) is 8.17. The minimum Gasteiger partial charge on any atom is -0.493 e. The van der Waals surface area contributed by atoms with Gasteiger partial charge in [0.2, 0.25) is 0 Å². The van der Waals surface area contributed by atoms with Gasteiger partial charge in [-0.25, -0.2) is 9.78 Å². The monoisotopic (exact) mass is 381 g/mol. The van der Waals surface area contributed by atoms with Crippen LogP contribution in [0, 0.1) is 11.3 Å². The molecule has 7 heteroatoms. The number of carboxylic acid groups (broad SMARTS) is 1. The standard InChI is InChI=1S/C21H23N3O4/c1-12(21(25)26)28-19-14(8-6-10-17(19)27-2)18-13-7-4-3-5-9-16(13)24-20(23)15(18)11-22/h6,8,10,12H,3-5,7,9H2,1-2H3,(H2,23,24)(H,25,26). The minimum absolute atomic E-state index is 0.179. The molecule has 1 aliphatic carbocycles. The Morgan fingerprint density at radius 3 is 2.75 bits per heavy atom. The summed E-state index contributed by atoms with van der Waals surface area (Å²) >= 11 is 0. The van der Waals surface area contributed by atoms with Crippen LogP contribution in [0.3, 0.4) is 0 Å². The summed E-state index contributed by atoms with van der Waals surface area (Å²) in [6.07, 6.45) is 3.57. The van der Waals surface area contributed by atoms with E-state index in [9.17, 15) is 15.2 Å². The lowest BCUT2D eigenvalue weighted by Crippen LogP contribution is -2.23. The molecular weight excluding hydrogens is 358 g/mol. The number of nitrogens with zero attached hydrogens (tertiary/aromatic N) is 2. The lowest BCUT2D eigenvalue weighted by Gasteiger charge is -2.21. The predicted molar refractivity (Wildman–Crippen MR) is 104 cm³/mol. The molecular formula is C21H23N3O4. The maximum Gasteiger partial charge on any atom is 0.344 e. The van der Waals surface area contributed by atoms with Gasteiger partial charge in [-0.05, 0) is 44.2 Å². The fraction of sp³-hybridized carbons (Fsp3) is 0.381. The van der Waals surface area contributed by atoms with E-state index < -0.39 is 12.1 Å². The molecule has 146 valence electrons. The zero-order valence-electron chi connectivity index (χ0n) is 16.0. The Balaban J connectivity index is 2.30. The van der Waals surface area contributed by atoms with E-state index in [1.807, 2.05) is 0 Å². The Morgan fingerprint density at radius 1 is 1.32 bits per heavy atom. The summed E-state index contributed by atoms with van der Waals surface area (Å²) in [5.74, 6) is -0.232. The Labute approximate surface area is 163 Å². The molecule has 0 saturated carbocycles. The van der Waals surface area contributed by atoms with E-state index in [2.05, 4.69) is 11.1 Å². The van der Waals surface area contributed by atoms with Crippen LogP contribution in [0.4, 0.5) is 5.82 Å². The van der Waals surface area contributed by atoms with Crippen molar-refractivity contribution in [2.45, 2.75) is 45.1 Å². The first-order chi connectivity index (χ1) is 13.5. The molecule has 1 aliphatic rings. The molecule has 0 bridgehead atoms. The maximum absolute atomic E-state index is 11.4. The van der Waals surface area contributed by atoms with E-state index in [0.29, 0.717) is 16.9 Å². The number of aryl methyl sites for hydroxylation is 1. The van der Waals surface area contributed by atoms with Gasteiger partial charge in [-0.1, -0.05) is 18.6 Å². The smallest absolute Gasteiger partial charge is 0.344 e.